The second-order valence-corrected chi connectivity index (χ2v) is 4.35. The highest BCUT2D eigenvalue weighted by Crippen LogP contribution is 2.26. The minimum atomic E-state index is 0.425. The first-order chi connectivity index (χ1) is 8.35. The molecule has 0 saturated heterocycles. The Balaban J connectivity index is 2.16. The van der Waals surface area contributed by atoms with Crippen LogP contribution in [0.4, 0.5) is 11.8 Å². The van der Waals surface area contributed by atoms with Crippen LogP contribution in [0.1, 0.15) is 6.42 Å². The van der Waals surface area contributed by atoms with Crippen molar-refractivity contribution in [1.82, 2.24) is 9.97 Å². The first kappa shape index (κ1) is 12.0. The molecule has 2 heterocycles. The van der Waals surface area contributed by atoms with Gasteiger partial charge in [0.25, 0.3) is 0 Å². The Morgan fingerprint density at radius 2 is 2.35 bits per heavy atom. The van der Waals surface area contributed by atoms with E-state index in [1.807, 2.05) is 11.4 Å². The topological polar surface area (TPSA) is 85.1 Å². The minimum Gasteiger partial charge on any atom is -0.385 e. The summed E-state index contributed by atoms with van der Waals surface area (Å²) in [6.07, 6.45) is 0.928. The van der Waals surface area contributed by atoms with Gasteiger partial charge in [0.15, 0.2) is 0 Å². The molecule has 0 aliphatic heterocycles. The number of aromatic nitrogens is 2. The maximum Gasteiger partial charge on any atom is 0.240 e. The van der Waals surface area contributed by atoms with Crippen LogP contribution in [-0.4, -0.2) is 30.2 Å². The molecule has 0 aromatic carbocycles. The van der Waals surface area contributed by atoms with E-state index in [2.05, 4.69) is 20.7 Å². The summed E-state index contributed by atoms with van der Waals surface area (Å²) in [6.45, 7) is 1.53. The molecule has 0 radical (unpaired) electrons. The van der Waals surface area contributed by atoms with Crippen LogP contribution in [0.2, 0.25) is 0 Å². The molecule has 2 rings (SSSR count). The monoisotopic (exact) mass is 253 g/mol. The van der Waals surface area contributed by atoms with E-state index in [0.717, 1.165) is 35.6 Å². The third-order valence-electron chi connectivity index (χ3n) is 2.27. The molecule has 92 valence electrons. The Morgan fingerprint density at radius 3 is 3.12 bits per heavy atom. The van der Waals surface area contributed by atoms with E-state index in [-0.39, 0.29) is 0 Å². The molecular formula is C10H15N5OS. The van der Waals surface area contributed by atoms with Gasteiger partial charge >= 0.3 is 0 Å². The van der Waals surface area contributed by atoms with Gasteiger partial charge in [0.2, 0.25) is 5.95 Å². The third-order valence-corrected chi connectivity index (χ3v) is 3.08. The Bertz CT molecular complexity index is 487. The number of methoxy groups -OCH3 is 1. The third kappa shape index (κ3) is 2.82. The van der Waals surface area contributed by atoms with Crippen LogP contribution in [0.3, 0.4) is 0 Å². The van der Waals surface area contributed by atoms with Crippen molar-refractivity contribution < 1.29 is 4.74 Å². The molecule has 2 aromatic heterocycles. The zero-order chi connectivity index (χ0) is 12.1. The molecule has 0 saturated carbocycles. The van der Waals surface area contributed by atoms with Crippen LogP contribution in [0, 0.1) is 0 Å². The van der Waals surface area contributed by atoms with Gasteiger partial charge in [-0.1, -0.05) is 0 Å². The highest BCUT2D eigenvalue weighted by atomic mass is 32.1. The van der Waals surface area contributed by atoms with Crippen LogP contribution >= 0.6 is 11.3 Å². The molecule has 0 fully saturated rings. The minimum absolute atomic E-state index is 0.425. The molecule has 6 nitrogen and oxygen atoms in total. The molecule has 0 bridgehead atoms. The lowest BCUT2D eigenvalue weighted by molar-refractivity contribution is 0.198. The highest BCUT2D eigenvalue weighted by Gasteiger charge is 2.07. The summed E-state index contributed by atoms with van der Waals surface area (Å²) in [5.74, 6) is 6.57. The zero-order valence-electron chi connectivity index (χ0n) is 9.56. The van der Waals surface area contributed by atoms with Gasteiger partial charge in [-0.2, -0.15) is 4.98 Å². The van der Waals surface area contributed by atoms with Crippen molar-refractivity contribution in [3.8, 4) is 0 Å². The summed E-state index contributed by atoms with van der Waals surface area (Å²) in [5, 5.41) is 6.27. The standard InChI is InChI=1S/C10H15N5OS/c1-16-5-2-4-12-8-7-3-6-17-9(7)14-10(13-8)15-11/h3,6H,2,4-5,11H2,1H3,(H2,12,13,14,15). The lowest BCUT2D eigenvalue weighted by Gasteiger charge is -2.08. The van der Waals surface area contributed by atoms with Gasteiger partial charge in [-0.3, -0.25) is 5.43 Å². The van der Waals surface area contributed by atoms with E-state index >= 15 is 0 Å². The fraction of sp³-hybridized carbons (Fsp3) is 0.400. The van der Waals surface area contributed by atoms with Crippen molar-refractivity contribution in [3.05, 3.63) is 11.4 Å². The lowest BCUT2D eigenvalue weighted by Crippen LogP contribution is -2.12. The molecule has 0 aliphatic carbocycles. The quantitative estimate of drug-likeness (QED) is 0.410. The zero-order valence-corrected chi connectivity index (χ0v) is 10.4. The van der Waals surface area contributed by atoms with Crippen LogP contribution in [0.15, 0.2) is 11.4 Å². The number of hydrogen-bond donors (Lipinski definition) is 3. The normalized spacial score (nSPS) is 10.7. The average molecular weight is 253 g/mol. The molecule has 4 N–H and O–H groups in total. The van der Waals surface area contributed by atoms with Gasteiger partial charge < -0.3 is 10.1 Å². The predicted molar refractivity (Wildman–Crippen MR) is 70.2 cm³/mol. The number of hydrogen-bond acceptors (Lipinski definition) is 7. The first-order valence-electron chi connectivity index (χ1n) is 5.30. The van der Waals surface area contributed by atoms with E-state index in [9.17, 15) is 0 Å². The van der Waals surface area contributed by atoms with Crippen molar-refractivity contribution in [1.29, 1.82) is 0 Å². The maximum absolute atomic E-state index is 5.34. The van der Waals surface area contributed by atoms with Gasteiger partial charge in [-0.25, -0.2) is 10.8 Å². The maximum atomic E-state index is 5.34. The van der Waals surface area contributed by atoms with E-state index in [1.54, 1.807) is 18.4 Å². The summed E-state index contributed by atoms with van der Waals surface area (Å²) in [6, 6.07) is 2.00. The van der Waals surface area contributed by atoms with Crippen molar-refractivity contribution in [3.63, 3.8) is 0 Å². The molecule has 0 spiro atoms. The molecule has 0 unspecified atom stereocenters. The second kappa shape index (κ2) is 5.76. The number of ether oxygens (including phenoxy) is 1. The number of nitrogens with zero attached hydrogens (tertiary/aromatic N) is 2. The number of fused-ring (bicyclic) bond motifs is 1. The second-order valence-electron chi connectivity index (χ2n) is 3.45. The van der Waals surface area contributed by atoms with Gasteiger partial charge in [0.05, 0.1) is 5.39 Å². The average Bonchev–Trinajstić information content (AvgIpc) is 2.82. The summed E-state index contributed by atoms with van der Waals surface area (Å²) in [7, 11) is 1.69. The van der Waals surface area contributed by atoms with E-state index < -0.39 is 0 Å². The first-order valence-corrected chi connectivity index (χ1v) is 6.18. The van der Waals surface area contributed by atoms with Crippen LogP contribution in [0.25, 0.3) is 10.2 Å². The van der Waals surface area contributed by atoms with Crippen LogP contribution in [-0.2, 0) is 4.74 Å². The summed E-state index contributed by atoms with van der Waals surface area (Å²) < 4.78 is 4.99. The van der Waals surface area contributed by atoms with Crippen molar-refractivity contribution in [2.45, 2.75) is 6.42 Å². The number of rotatable bonds is 6. The lowest BCUT2D eigenvalue weighted by atomic mass is 10.3. The molecule has 2 aromatic rings. The largest absolute Gasteiger partial charge is 0.385 e. The summed E-state index contributed by atoms with van der Waals surface area (Å²) in [5.41, 5.74) is 2.47. The number of anilines is 2. The number of nitrogen functional groups attached to an aromatic ring is 1. The molecule has 0 aliphatic rings. The van der Waals surface area contributed by atoms with E-state index in [0.29, 0.717) is 5.95 Å². The van der Waals surface area contributed by atoms with Crippen molar-refractivity contribution in [2.24, 2.45) is 5.84 Å². The van der Waals surface area contributed by atoms with Crippen LogP contribution in [0.5, 0.6) is 0 Å². The van der Waals surface area contributed by atoms with E-state index in [1.165, 1.54) is 0 Å². The Kier molecular flexibility index (Phi) is 4.08. The number of nitrogens with two attached hydrogens (primary N) is 1. The summed E-state index contributed by atoms with van der Waals surface area (Å²) >= 11 is 1.56. The predicted octanol–water partition coefficient (Wildman–Crippen LogP) is 1.43. The van der Waals surface area contributed by atoms with Gasteiger partial charge in [-0.05, 0) is 17.9 Å². The fourth-order valence-electron chi connectivity index (χ4n) is 1.48. The smallest absolute Gasteiger partial charge is 0.240 e. The van der Waals surface area contributed by atoms with E-state index in [4.69, 9.17) is 10.6 Å². The Morgan fingerprint density at radius 1 is 1.47 bits per heavy atom. The Labute approximate surface area is 103 Å². The number of nitrogens with one attached hydrogen (secondary N) is 2. The highest BCUT2D eigenvalue weighted by molar-refractivity contribution is 7.16. The van der Waals surface area contributed by atoms with Crippen LogP contribution < -0.4 is 16.6 Å². The Hall–Kier alpha value is -1.44. The number of hydrazine groups is 1. The molecular weight excluding hydrogens is 238 g/mol. The van der Waals surface area contributed by atoms with Crippen molar-refractivity contribution >= 4 is 33.3 Å². The van der Waals surface area contributed by atoms with Crippen molar-refractivity contribution in [2.75, 3.05) is 31.0 Å². The molecule has 0 amide bonds. The molecule has 0 atom stereocenters. The SMILES string of the molecule is COCCCNc1nc(NN)nc2sccc12. The van der Waals surface area contributed by atoms with Gasteiger partial charge in [0, 0.05) is 20.3 Å². The summed E-state index contributed by atoms with van der Waals surface area (Å²) in [4.78, 5) is 9.48. The van der Waals surface area contributed by atoms with Gasteiger partial charge in [0.1, 0.15) is 10.6 Å². The van der Waals surface area contributed by atoms with Gasteiger partial charge in [-0.15, -0.1) is 11.3 Å². The number of thiophene rings is 1. The molecule has 7 heteroatoms. The molecule has 17 heavy (non-hydrogen) atoms. The fourth-order valence-corrected chi connectivity index (χ4v) is 2.24.